The summed E-state index contributed by atoms with van der Waals surface area (Å²) in [5.74, 6) is -0.265. The summed E-state index contributed by atoms with van der Waals surface area (Å²) in [5, 5.41) is 0. The van der Waals surface area contributed by atoms with Crippen LogP contribution in [0.15, 0.2) is 12.1 Å². The highest BCUT2D eigenvalue weighted by atomic mass is 19.4. The molecule has 0 fully saturated rings. The third-order valence-electron chi connectivity index (χ3n) is 2.15. The zero-order chi connectivity index (χ0) is 12.9. The Hall–Kier alpha value is -1.46. The highest BCUT2D eigenvalue weighted by molar-refractivity contribution is 5.38. The second kappa shape index (κ2) is 5.75. The van der Waals surface area contributed by atoms with Crippen LogP contribution in [0.1, 0.15) is 31.7 Å². The smallest absolute Gasteiger partial charge is 0.416 e. The SMILES string of the molecule is CCCCCOc1cc(C(F)(F)F)cc(N)n1. The van der Waals surface area contributed by atoms with E-state index in [4.69, 9.17) is 10.5 Å². The minimum Gasteiger partial charge on any atom is -0.478 e. The van der Waals surface area contributed by atoms with E-state index in [2.05, 4.69) is 4.98 Å². The Bertz CT molecular complexity index is 366. The predicted octanol–water partition coefficient (Wildman–Crippen LogP) is 3.25. The van der Waals surface area contributed by atoms with Gasteiger partial charge in [0.05, 0.1) is 12.2 Å². The summed E-state index contributed by atoms with van der Waals surface area (Å²) >= 11 is 0. The number of hydrogen-bond donors (Lipinski definition) is 1. The van der Waals surface area contributed by atoms with Crippen LogP contribution in [0.2, 0.25) is 0 Å². The van der Waals surface area contributed by atoms with Gasteiger partial charge in [-0.15, -0.1) is 0 Å². The van der Waals surface area contributed by atoms with Gasteiger partial charge in [0.2, 0.25) is 5.88 Å². The molecule has 0 spiro atoms. The minimum absolute atomic E-state index is 0.0755. The quantitative estimate of drug-likeness (QED) is 0.813. The zero-order valence-corrected chi connectivity index (χ0v) is 9.55. The van der Waals surface area contributed by atoms with Crippen LogP contribution in [-0.2, 0) is 6.18 Å². The maximum absolute atomic E-state index is 12.5. The molecule has 6 heteroatoms. The van der Waals surface area contributed by atoms with Crippen molar-refractivity contribution in [3.05, 3.63) is 17.7 Å². The first-order valence-electron chi connectivity index (χ1n) is 5.41. The Morgan fingerprint density at radius 3 is 2.59 bits per heavy atom. The van der Waals surface area contributed by atoms with Crippen molar-refractivity contribution in [1.82, 2.24) is 4.98 Å². The number of unbranched alkanes of at least 4 members (excludes halogenated alkanes) is 2. The maximum Gasteiger partial charge on any atom is 0.416 e. The van der Waals surface area contributed by atoms with Crippen molar-refractivity contribution in [2.75, 3.05) is 12.3 Å². The van der Waals surface area contributed by atoms with Crippen molar-refractivity contribution in [3.8, 4) is 5.88 Å². The summed E-state index contributed by atoms with van der Waals surface area (Å²) in [6.07, 6.45) is -1.66. The number of nitrogen functional groups attached to an aromatic ring is 1. The van der Waals surface area contributed by atoms with Crippen molar-refractivity contribution in [2.45, 2.75) is 32.4 Å². The fraction of sp³-hybridized carbons (Fsp3) is 0.545. The van der Waals surface area contributed by atoms with E-state index in [0.29, 0.717) is 6.61 Å². The molecule has 2 N–H and O–H groups in total. The van der Waals surface area contributed by atoms with Gasteiger partial charge in [-0.1, -0.05) is 19.8 Å². The van der Waals surface area contributed by atoms with Crippen molar-refractivity contribution < 1.29 is 17.9 Å². The molecular formula is C11H15F3N2O. The summed E-state index contributed by atoms with van der Waals surface area (Å²) in [7, 11) is 0. The summed E-state index contributed by atoms with van der Waals surface area (Å²) in [4.78, 5) is 3.70. The summed E-state index contributed by atoms with van der Waals surface area (Å²) < 4.78 is 42.5. The second-order valence-electron chi connectivity index (χ2n) is 3.67. The summed E-state index contributed by atoms with van der Waals surface area (Å²) in [6.45, 7) is 2.38. The molecular weight excluding hydrogens is 233 g/mol. The number of nitrogens with zero attached hydrogens (tertiary/aromatic N) is 1. The first-order chi connectivity index (χ1) is 7.93. The van der Waals surface area contributed by atoms with E-state index >= 15 is 0 Å². The number of halogens is 3. The molecule has 1 aromatic heterocycles. The van der Waals surface area contributed by atoms with Gasteiger partial charge in [0.25, 0.3) is 0 Å². The molecule has 0 bridgehead atoms. The van der Waals surface area contributed by atoms with Crippen molar-refractivity contribution in [1.29, 1.82) is 0 Å². The van der Waals surface area contributed by atoms with Crippen LogP contribution >= 0.6 is 0 Å². The molecule has 0 atom stereocenters. The lowest BCUT2D eigenvalue weighted by Gasteiger charge is -2.10. The molecule has 0 saturated heterocycles. The Balaban J connectivity index is 2.69. The van der Waals surface area contributed by atoms with Gasteiger partial charge in [-0.2, -0.15) is 18.2 Å². The monoisotopic (exact) mass is 248 g/mol. The average molecular weight is 248 g/mol. The third-order valence-corrected chi connectivity index (χ3v) is 2.15. The van der Waals surface area contributed by atoms with Gasteiger partial charge in [0, 0.05) is 6.07 Å². The van der Waals surface area contributed by atoms with Gasteiger partial charge in [-0.3, -0.25) is 0 Å². The minimum atomic E-state index is -4.43. The number of anilines is 1. The van der Waals surface area contributed by atoms with Crippen LogP contribution in [0, 0.1) is 0 Å². The van der Waals surface area contributed by atoms with Gasteiger partial charge < -0.3 is 10.5 Å². The van der Waals surface area contributed by atoms with Gasteiger partial charge in [0.15, 0.2) is 0 Å². The number of rotatable bonds is 5. The Morgan fingerprint density at radius 2 is 2.00 bits per heavy atom. The van der Waals surface area contributed by atoms with E-state index in [1.807, 2.05) is 6.92 Å². The number of pyridine rings is 1. The van der Waals surface area contributed by atoms with Crippen LogP contribution in [0.5, 0.6) is 5.88 Å². The number of nitrogens with two attached hydrogens (primary N) is 1. The Morgan fingerprint density at radius 1 is 1.29 bits per heavy atom. The molecule has 0 aliphatic heterocycles. The van der Waals surface area contributed by atoms with Crippen molar-refractivity contribution >= 4 is 5.82 Å². The highest BCUT2D eigenvalue weighted by Crippen LogP contribution is 2.31. The lowest BCUT2D eigenvalue weighted by atomic mass is 10.2. The molecule has 0 aliphatic rings. The standard InChI is InChI=1S/C11H15F3N2O/c1-2-3-4-5-17-10-7-8(11(12,13)14)6-9(15)16-10/h6-7H,2-5H2,1H3,(H2,15,16). The van der Waals surface area contributed by atoms with Crippen LogP contribution in [-0.4, -0.2) is 11.6 Å². The molecule has 0 radical (unpaired) electrons. The van der Waals surface area contributed by atoms with Crippen molar-refractivity contribution in [3.63, 3.8) is 0 Å². The highest BCUT2D eigenvalue weighted by Gasteiger charge is 2.31. The Labute approximate surface area is 97.8 Å². The third kappa shape index (κ3) is 4.50. The lowest BCUT2D eigenvalue weighted by Crippen LogP contribution is -2.08. The van der Waals surface area contributed by atoms with Gasteiger partial charge in [-0.05, 0) is 12.5 Å². The molecule has 1 rings (SSSR count). The van der Waals surface area contributed by atoms with Gasteiger partial charge >= 0.3 is 6.18 Å². The second-order valence-corrected chi connectivity index (χ2v) is 3.67. The first kappa shape index (κ1) is 13.6. The summed E-state index contributed by atoms with van der Waals surface area (Å²) in [6, 6.07) is 1.65. The maximum atomic E-state index is 12.5. The molecule has 0 saturated carbocycles. The number of hydrogen-bond acceptors (Lipinski definition) is 3. The molecule has 96 valence electrons. The number of ether oxygens (including phenoxy) is 1. The molecule has 0 unspecified atom stereocenters. The van der Waals surface area contributed by atoms with Crippen LogP contribution < -0.4 is 10.5 Å². The molecule has 0 aromatic carbocycles. The van der Waals surface area contributed by atoms with E-state index in [1.165, 1.54) is 0 Å². The topological polar surface area (TPSA) is 48.1 Å². The van der Waals surface area contributed by atoms with E-state index in [1.54, 1.807) is 0 Å². The van der Waals surface area contributed by atoms with Crippen LogP contribution in [0.25, 0.3) is 0 Å². The normalized spacial score (nSPS) is 11.5. The fourth-order valence-corrected chi connectivity index (χ4v) is 1.29. The van der Waals surface area contributed by atoms with E-state index in [9.17, 15) is 13.2 Å². The molecule has 17 heavy (non-hydrogen) atoms. The predicted molar refractivity (Wildman–Crippen MR) is 58.7 cm³/mol. The fourth-order valence-electron chi connectivity index (χ4n) is 1.29. The summed E-state index contributed by atoms with van der Waals surface area (Å²) in [5.41, 5.74) is 4.46. The number of aromatic nitrogens is 1. The average Bonchev–Trinajstić information content (AvgIpc) is 2.22. The number of alkyl halides is 3. The molecule has 1 heterocycles. The van der Waals surface area contributed by atoms with Gasteiger partial charge in [0.1, 0.15) is 5.82 Å². The molecule has 1 aromatic rings. The molecule has 0 aliphatic carbocycles. The lowest BCUT2D eigenvalue weighted by molar-refractivity contribution is -0.137. The first-order valence-corrected chi connectivity index (χ1v) is 5.41. The van der Waals surface area contributed by atoms with E-state index in [0.717, 1.165) is 31.4 Å². The van der Waals surface area contributed by atoms with Crippen LogP contribution in [0.4, 0.5) is 19.0 Å². The Kier molecular flexibility index (Phi) is 4.60. The molecule has 3 nitrogen and oxygen atoms in total. The molecule has 0 amide bonds. The van der Waals surface area contributed by atoms with Crippen LogP contribution in [0.3, 0.4) is 0 Å². The van der Waals surface area contributed by atoms with Crippen molar-refractivity contribution in [2.24, 2.45) is 0 Å². The van der Waals surface area contributed by atoms with E-state index in [-0.39, 0.29) is 11.7 Å². The zero-order valence-electron chi connectivity index (χ0n) is 9.55. The largest absolute Gasteiger partial charge is 0.478 e. The van der Waals surface area contributed by atoms with E-state index < -0.39 is 11.7 Å². The van der Waals surface area contributed by atoms with Gasteiger partial charge in [-0.25, -0.2) is 0 Å².